The second kappa shape index (κ2) is 7.22. The maximum absolute atomic E-state index is 12.8. The summed E-state index contributed by atoms with van der Waals surface area (Å²) in [6.07, 6.45) is 1.51. The van der Waals surface area contributed by atoms with Crippen molar-refractivity contribution in [3.8, 4) is 11.6 Å². The minimum Gasteiger partial charge on any atom is -0.497 e. The van der Waals surface area contributed by atoms with Crippen molar-refractivity contribution in [3.05, 3.63) is 69.8 Å². The molecule has 0 radical (unpaired) electrons. The van der Waals surface area contributed by atoms with Gasteiger partial charge in [-0.05, 0) is 30.7 Å². The summed E-state index contributed by atoms with van der Waals surface area (Å²) in [7, 11) is 3.35. The smallest absolute Gasteiger partial charge is 0.264 e. The van der Waals surface area contributed by atoms with Gasteiger partial charge in [0, 0.05) is 19.7 Å². The summed E-state index contributed by atoms with van der Waals surface area (Å²) in [5.41, 5.74) is 1.83. The Balaban J connectivity index is 1.78. The Morgan fingerprint density at radius 2 is 1.96 bits per heavy atom. The molecule has 26 heavy (non-hydrogen) atoms. The molecule has 0 aliphatic carbocycles. The van der Waals surface area contributed by atoms with Gasteiger partial charge in [0.2, 0.25) is 0 Å². The van der Waals surface area contributed by atoms with E-state index in [0.29, 0.717) is 23.6 Å². The number of benzene rings is 1. The first kappa shape index (κ1) is 17.4. The van der Waals surface area contributed by atoms with Crippen molar-refractivity contribution < 1.29 is 9.53 Å². The molecule has 0 saturated heterocycles. The van der Waals surface area contributed by atoms with Crippen molar-refractivity contribution >= 4 is 5.91 Å². The predicted octanol–water partition coefficient (Wildman–Crippen LogP) is 1.54. The largest absolute Gasteiger partial charge is 0.497 e. The number of H-pyrrole nitrogens is 1. The molecule has 0 spiro atoms. The van der Waals surface area contributed by atoms with E-state index in [1.54, 1.807) is 32.0 Å². The van der Waals surface area contributed by atoms with Gasteiger partial charge < -0.3 is 9.64 Å². The van der Waals surface area contributed by atoms with E-state index < -0.39 is 0 Å². The van der Waals surface area contributed by atoms with Gasteiger partial charge in [-0.2, -0.15) is 10.2 Å². The molecule has 3 aromatic rings. The van der Waals surface area contributed by atoms with Gasteiger partial charge in [-0.3, -0.25) is 9.59 Å². The quantitative estimate of drug-likeness (QED) is 0.751. The molecule has 3 rings (SSSR count). The van der Waals surface area contributed by atoms with Crippen molar-refractivity contribution in [3.63, 3.8) is 0 Å². The predicted molar refractivity (Wildman–Crippen MR) is 95.5 cm³/mol. The van der Waals surface area contributed by atoms with Crippen LogP contribution in [0.15, 0.2) is 47.4 Å². The lowest BCUT2D eigenvalue weighted by Crippen LogP contribution is -2.26. The van der Waals surface area contributed by atoms with E-state index in [1.807, 2.05) is 24.3 Å². The Bertz CT molecular complexity index is 955. The van der Waals surface area contributed by atoms with Crippen molar-refractivity contribution in [2.24, 2.45) is 0 Å². The van der Waals surface area contributed by atoms with Gasteiger partial charge in [-0.25, -0.2) is 9.78 Å². The summed E-state index contributed by atoms with van der Waals surface area (Å²) in [6.45, 7) is 2.25. The third-order valence-electron chi connectivity index (χ3n) is 4.05. The summed E-state index contributed by atoms with van der Waals surface area (Å²) in [5, 5.41) is 10.5. The molecule has 134 valence electrons. The Hall–Kier alpha value is -3.42. The summed E-state index contributed by atoms with van der Waals surface area (Å²) < 4.78 is 6.66. The zero-order valence-corrected chi connectivity index (χ0v) is 14.8. The third kappa shape index (κ3) is 3.49. The third-order valence-corrected chi connectivity index (χ3v) is 4.05. The normalized spacial score (nSPS) is 10.6. The highest BCUT2D eigenvalue weighted by molar-refractivity contribution is 5.95. The zero-order valence-electron chi connectivity index (χ0n) is 14.8. The molecule has 1 N–H and O–H groups in total. The van der Waals surface area contributed by atoms with E-state index in [1.165, 1.54) is 16.9 Å². The van der Waals surface area contributed by atoms with Gasteiger partial charge >= 0.3 is 0 Å². The maximum Gasteiger partial charge on any atom is 0.264 e. The van der Waals surface area contributed by atoms with Crippen LogP contribution in [0.2, 0.25) is 0 Å². The first-order valence-electron chi connectivity index (χ1n) is 7.98. The molecule has 0 atom stereocenters. The molecule has 1 amide bonds. The van der Waals surface area contributed by atoms with Gasteiger partial charge in [0.25, 0.3) is 11.5 Å². The molecular weight excluding hydrogens is 334 g/mol. The second-order valence-corrected chi connectivity index (χ2v) is 5.84. The van der Waals surface area contributed by atoms with Crippen molar-refractivity contribution in [2.45, 2.75) is 13.5 Å². The molecule has 0 fully saturated rings. The number of aromatic nitrogens is 4. The number of hydrogen-bond acceptors (Lipinski definition) is 5. The standard InChI is InChI=1S/C18H19N5O3/c1-12-15(10-19-23(12)16-8-9-17(24)21-20-16)18(25)22(2)11-13-4-6-14(26-3)7-5-13/h4-10H,11H2,1-3H3,(H,21,24). The number of ether oxygens (including phenoxy) is 1. The van der Waals surface area contributed by atoms with Crippen molar-refractivity contribution in [1.82, 2.24) is 24.9 Å². The Morgan fingerprint density at radius 3 is 2.58 bits per heavy atom. The highest BCUT2D eigenvalue weighted by Gasteiger charge is 2.19. The Kier molecular flexibility index (Phi) is 4.83. The highest BCUT2D eigenvalue weighted by Crippen LogP contribution is 2.16. The van der Waals surface area contributed by atoms with Crippen molar-refractivity contribution in [1.29, 1.82) is 0 Å². The summed E-state index contributed by atoms with van der Waals surface area (Å²) in [5.74, 6) is 1.07. The van der Waals surface area contributed by atoms with Crippen LogP contribution in [0.3, 0.4) is 0 Å². The molecule has 8 heteroatoms. The van der Waals surface area contributed by atoms with Crippen LogP contribution in [0.5, 0.6) is 5.75 Å². The van der Waals surface area contributed by atoms with Gasteiger partial charge in [-0.1, -0.05) is 12.1 Å². The lowest BCUT2D eigenvalue weighted by Gasteiger charge is -2.17. The minimum atomic E-state index is -0.297. The van der Waals surface area contributed by atoms with Gasteiger partial charge in [-0.15, -0.1) is 0 Å². The molecule has 0 saturated carbocycles. The van der Waals surface area contributed by atoms with Crippen LogP contribution in [0.4, 0.5) is 0 Å². The van der Waals surface area contributed by atoms with E-state index in [2.05, 4.69) is 15.3 Å². The molecule has 0 aliphatic rings. The fourth-order valence-electron chi connectivity index (χ4n) is 2.59. The summed E-state index contributed by atoms with van der Waals surface area (Å²) in [4.78, 5) is 25.5. The number of carbonyl (C=O) groups is 1. The van der Waals surface area contributed by atoms with E-state index in [4.69, 9.17) is 4.74 Å². The van der Waals surface area contributed by atoms with E-state index in [0.717, 1.165) is 11.3 Å². The number of rotatable bonds is 5. The molecular formula is C18H19N5O3. The van der Waals surface area contributed by atoms with Crippen LogP contribution >= 0.6 is 0 Å². The van der Waals surface area contributed by atoms with Gasteiger partial charge in [0.05, 0.1) is 24.6 Å². The monoisotopic (exact) mass is 353 g/mol. The number of methoxy groups -OCH3 is 1. The number of amides is 1. The van der Waals surface area contributed by atoms with Crippen molar-refractivity contribution in [2.75, 3.05) is 14.2 Å². The van der Waals surface area contributed by atoms with Crippen LogP contribution in [0, 0.1) is 6.92 Å². The summed E-state index contributed by atoms with van der Waals surface area (Å²) in [6, 6.07) is 10.5. The fourth-order valence-corrected chi connectivity index (χ4v) is 2.59. The molecule has 0 aliphatic heterocycles. The van der Waals surface area contributed by atoms with Crippen LogP contribution in [-0.2, 0) is 6.54 Å². The lowest BCUT2D eigenvalue weighted by atomic mass is 10.2. The number of nitrogens with zero attached hydrogens (tertiary/aromatic N) is 4. The zero-order chi connectivity index (χ0) is 18.7. The van der Waals surface area contributed by atoms with E-state index >= 15 is 0 Å². The molecule has 1 aromatic carbocycles. The molecule has 0 unspecified atom stereocenters. The van der Waals surface area contributed by atoms with Crippen LogP contribution in [0.1, 0.15) is 21.6 Å². The topological polar surface area (TPSA) is 93.1 Å². The Morgan fingerprint density at radius 1 is 1.23 bits per heavy atom. The Labute approximate surface area is 150 Å². The molecule has 0 bridgehead atoms. The first-order chi connectivity index (χ1) is 12.5. The molecule has 2 aromatic heterocycles. The molecule has 8 nitrogen and oxygen atoms in total. The number of carbonyl (C=O) groups excluding carboxylic acids is 1. The average molecular weight is 353 g/mol. The fraction of sp³-hybridized carbons (Fsp3) is 0.222. The van der Waals surface area contributed by atoms with E-state index in [-0.39, 0.29) is 11.5 Å². The number of aromatic amines is 1. The first-order valence-corrected chi connectivity index (χ1v) is 7.98. The highest BCUT2D eigenvalue weighted by atomic mass is 16.5. The number of nitrogens with one attached hydrogen (secondary N) is 1. The van der Waals surface area contributed by atoms with Gasteiger partial charge in [0.15, 0.2) is 5.82 Å². The molecule has 2 heterocycles. The maximum atomic E-state index is 12.8. The van der Waals surface area contributed by atoms with E-state index in [9.17, 15) is 9.59 Å². The lowest BCUT2D eigenvalue weighted by molar-refractivity contribution is 0.0784. The van der Waals surface area contributed by atoms with Gasteiger partial charge in [0.1, 0.15) is 5.75 Å². The van der Waals surface area contributed by atoms with Crippen LogP contribution < -0.4 is 10.3 Å². The van der Waals surface area contributed by atoms with Crippen LogP contribution in [-0.4, -0.2) is 44.9 Å². The minimum absolute atomic E-state index is 0.144. The van der Waals surface area contributed by atoms with Crippen LogP contribution in [0.25, 0.3) is 5.82 Å². The summed E-state index contributed by atoms with van der Waals surface area (Å²) >= 11 is 0. The average Bonchev–Trinajstić information content (AvgIpc) is 3.03. The second-order valence-electron chi connectivity index (χ2n) is 5.84. The SMILES string of the molecule is COc1ccc(CN(C)C(=O)c2cnn(-c3ccc(=O)[nH]n3)c2C)cc1. The number of hydrogen-bond donors (Lipinski definition) is 1.